The zero-order valence-corrected chi connectivity index (χ0v) is 18.5. The third-order valence-electron chi connectivity index (χ3n) is 5.08. The largest absolute Gasteiger partial charge is 0.397 e. The van der Waals surface area contributed by atoms with Gasteiger partial charge in [0.25, 0.3) is 0 Å². The van der Waals surface area contributed by atoms with Crippen LogP contribution in [0.1, 0.15) is 37.6 Å². The monoisotopic (exact) mass is 426 g/mol. The number of β-amino-alcohol motifs (C(OH)–C–C–N with tert-alkyl or cyclic N) is 1. The van der Waals surface area contributed by atoms with Crippen molar-refractivity contribution < 1.29 is 5.11 Å². The maximum atomic E-state index is 10.6. The Labute approximate surface area is 181 Å². The number of nitrogens with zero attached hydrogens (tertiary/aromatic N) is 3. The Bertz CT molecular complexity index is 1020. The number of aryl methyl sites for hydroxylation is 1. The molecule has 3 aromatic rings. The van der Waals surface area contributed by atoms with Crippen LogP contribution in [0.15, 0.2) is 49.2 Å². The average molecular weight is 427 g/mol. The lowest BCUT2D eigenvalue weighted by Crippen LogP contribution is -2.42. The van der Waals surface area contributed by atoms with Crippen molar-refractivity contribution >= 4 is 34.4 Å². The van der Waals surface area contributed by atoms with E-state index in [4.69, 9.17) is 5.73 Å². The molecule has 5 N–H and O–H groups in total. The highest BCUT2D eigenvalue weighted by molar-refractivity contribution is 7.99. The first-order valence-corrected chi connectivity index (χ1v) is 11.1. The van der Waals surface area contributed by atoms with E-state index in [0.29, 0.717) is 17.9 Å². The maximum absolute atomic E-state index is 10.6. The summed E-state index contributed by atoms with van der Waals surface area (Å²) in [5, 5.41) is 23.5. The van der Waals surface area contributed by atoms with Crippen molar-refractivity contribution in [3.63, 3.8) is 0 Å². The standard InChI is InChI=1S/C22H30N6OS/c1-15(23)19-13-17-8-10-28(21(17)26-25-19)11-9-22(2,3)24-14-20(29)16-6-5-7-18(12-16)27-30-4/h5-8,10,12-13,20,24,27,29H,1,9,11,14,23H2,2-4H3/t20-/m0/s1. The number of hydrogen-bond acceptors (Lipinski definition) is 7. The second-order valence-electron chi connectivity index (χ2n) is 8.01. The van der Waals surface area contributed by atoms with Gasteiger partial charge in [0.2, 0.25) is 0 Å². The highest BCUT2D eigenvalue weighted by Crippen LogP contribution is 2.21. The van der Waals surface area contributed by atoms with Crippen LogP contribution in [-0.2, 0) is 6.54 Å². The van der Waals surface area contributed by atoms with Gasteiger partial charge < -0.3 is 25.4 Å². The van der Waals surface area contributed by atoms with Crippen molar-refractivity contribution in [1.29, 1.82) is 0 Å². The van der Waals surface area contributed by atoms with E-state index in [1.165, 1.54) is 11.9 Å². The molecule has 1 atom stereocenters. The molecule has 0 aliphatic rings. The van der Waals surface area contributed by atoms with Gasteiger partial charge in [-0.1, -0.05) is 30.7 Å². The summed E-state index contributed by atoms with van der Waals surface area (Å²) in [6.45, 7) is 9.25. The molecule has 0 radical (unpaired) electrons. The summed E-state index contributed by atoms with van der Waals surface area (Å²) in [5.41, 5.74) is 9.27. The topological polar surface area (TPSA) is 101 Å². The van der Waals surface area contributed by atoms with E-state index < -0.39 is 6.10 Å². The van der Waals surface area contributed by atoms with Crippen molar-refractivity contribution in [3.8, 4) is 0 Å². The third kappa shape index (κ3) is 5.53. The second-order valence-corrected chi connectivity index (χ2v) is 8.62. The SMILES string of the molecule is C=C(N)c1cc2ccn(CCC(C)(C)NC[C@H](O)c3cccc(NSC)c3)c2nn1. The lowest BCUT2D eigenvalue weighted by atomic mass is 9.99. The number of fused-ring (bicyclic) bond motifs is 1. The number of nitrogens with one attached hydrogen (secondary N) is 2. The number of aliphatic hydroxyl groups is 1. The van der Waals surface area contributed by atoms with E-state index in [9.17, 15) is 5.11 Å². The van der Waals surface area contributed by atoms with Crippen molar-refractivity contribution in [2.75, 3.05) is 17.5 Å². The van der Waals surface area contributed by atoms with Gasteiger partial charge >= 0.3 is 0 Å². The molecule has 0 bridgehead atoms. The van der Waals surface area contributed by atoms with Crippen LogP contribution in [0, 0.1) is 0 Å². The Balaban J connectivity index is 1.58. The molecule has 8 heteroatoms. The van der Waals surface area contributed by atoms with E-state index in [1.807, 2.05) is 48.9 Å². The Morgan fingerprint density at radius 1 is 1.30 bits per heavy atom. The minimum atomic E-state index is -0.575. The van der Waals surface area contributed by atoms with Crippen LogP contribution >= 0.6 is 11.9 Å². The van der Waals surface area contributed by atoms with E-state index in [0.717, 1.165) is 35.2 Å². The molecular weight excluding hydrogens is 396 g/mol. The zero-order valence-electron chi connectivity index (χ0n) is 17.7. The lowest BCUT2D eigenvalue weighted by Gasteiger charge is -2.28. The minimum Gasteiger partial charge on any atom is -0.397 e. The van der Waals surface area contributed by atoms with Gasteiger partial charge in [0.05, 0.1) is 11.8 Å². The van der Waals surface area contributed by atoms with Gasteiger partial charge in [0.1, 0.15) is 5.69 Å². The molecule has 0 amide bonds. The molecule has 0 spiro atoms. The summed E-state index contributed by atoms with van der Waals surface area (Å²) in [6.07, 6.45) is 4.27. The maximum Gasteiger partial charge on any atom is 0.162 e. The van der Waals surface area contributed by atoms with Crippen molar-refractivity contribution in [3.05, 3.63) is 60.4 Å². The fourth-order valence-corrected chi connectivity index (χ4v) is 3.59. The van der Waals surface area contributed by atoms with Crippen LogP contribution in [0.2, 0.25) is 0 Å². The first kappa shape index (κ1) is 22.1. The third-order valence-corrected chi connectivity index (χ3v) is 5.52. The molecule has 0 aliphatic carbocycles. The van der Waals surface area contributed by atoms with Gasteiger partial charge in [-0.25, -0.2) is 0 Å². The summed E-state index contributed by atoms with van der Waals surface area (Å²) in [7, 11) is 0. The molecule has 0 unspecified atom stereocenters. The second kappa shape index (κ2) is 9.51. The van der Waals surface area contributed by atoms with Crippen LogP contribution in [0.4, 0.5) is 5.69 Å². The molecule has 1 aromatic carbocycles. The molecular formula is C22H30N6OS. The van der Waals surface area contributed by atoms with Gasteiger partial charge in [-0.05, 0) is 50.1 Å². The highest BCUT2D eigenvalue weighted by Gasteiger charge is 2.20. The van der Waals surface area contributed by atoms with Gasteiger partial charge in [-0.15, -0.1) is 10.2 Å². The van der Waals surface area contributed by atoms with E-state index in [1.54, 1.807) is 0 Å². The van der Waals surface area contributed by atoms with E-state index in [-0.39, 0.29) is 5.54 Å². The van der Waals surface area contributed by atoms with Crippen LogP contribution in [0.25, 0.3) is 16.7 Å². The number of rotatable bonds is 10. The summed E-state index contributed by atoms with van der Waals surface area (Å²) in [5.74, 6) is 0. The Morgan fingerprint density at radius 3 is 2.83 bits per heavy atom. The van der Waals surface area contributed by atoms with Crippen molar-refractivity contribution in [2.24, 2.45) is 5.73 Å². The molecule has 0 saturated carbocycles. The Morgan fingerprint density at radius 2 is 2.10 bits per heavy atom. The molecule has 3 rings (SSSR count). The van der Waals surface area contributed by atoms with Crippen LogP contribution in [0.5, 0.6) is 0 Å². The van der Waals surface area contributed by atoms with Crippen molar-refractivity contribution in [2.45, 2.75) is 38.5 Å². The number of nitrogens with two attached hydrogens (primary N) is 1. The van der Waals surface area contributed by atoms with Crippen LogP contribution in [-0.4, -0.2) is 38.2 Å². The highest BCUT2D eigenvalue weighted by atomic mass is 32.2. The Kier molecular flexibility index (Phi) is 7.02. The van der Waals surface area contributed by atoms with E-state index >= 15 is 0 Å². The summed E-state index contributed by atoms with van der Waals surface area (Å²) in [6, 6.07) is 11.8. The number of aromatic nitrogens is 3. The summed E-state index contributed by atoms with van der Waals surface area (Å²) < 4.78 is 5.28. The smallest absolute Gasteiger partial charge is 0.162 e. The first-order chi connectivity index (χ1) is 14.3. The van der Waals surface area contributed by atoms with E-state index in [2.05, 4.69) is 45.2 Å². The van der Waals surface area contributed by atoms with Crippen LogP contribution < -0.4 is 15.8 Å². The van der Waals surface area contributed by atoms with Gasteiger partial charge in [-0.2, -0.15) is 0 Å². The Hall–Kier alpha value is -2.55. The molecule has 2 aromatic heterocycles. The van der Waals surface area contributed by atoms with Crippen molar-refractivity contribution in [1.82, 2.24) is 20.1 Å². The predicted octanol–water partition coefficient (Wildman–Crippen LogP) is 3.54. The molecule has 0 fully saturated rings. The number of hydrogen-bond donors (Lipinski definition) is 4. The number of benzene rings is 1. The predicted molar refractivity (Wildman–Crippen MR) is 126 cm³/mol. The van der Waals surface area contributed by atoms with Gasteiger partial charge in [0.15, 0.2) is 5.65 Å². The fraction of sp³-hybridized carbons (Fsp3) is 0.364. The summed E-state index contributed by atoms with van der Waals surface area (Å²) in [4.78, 5) is 0. The number of anilines is 1. The molecule has 0 aliphatic heterocycles. The zero-order chi connectivity index (χ0) is 21.7. The van der Waals surface area contributed by atoms with Gasteiger partial charge in [0, 0.05) is 42.2 Å². The van der Waals surface area contributed by atoms with Gasteiger partial charge in [-0.3, -0.25) is 0 Å². The molecule has 30 heavy (non-hydrogen) atoms. The normalized spacial score (nSPS) is 12.8. The number of aliphatic hydroxyl groups excluding tert-OH is 1. The molecule has 2 heterocycles. The molecule has 0 saturated heterocycles. The first-order valence-electron chi connectivity index (χ1n) is 9.88. The summed E-state index contributed by atoms with van der Waals surface area (Å²) >= 11 is 1.53. The lowest BCUT2D eigenvalue weighted by molar-refractivity contribution is 0.158. The minimum absolute atomic E-state index is 0.161. The molecule has 160 valence electrons. The molecule has 7 nitrogen and oxygen atoms in total. The average Bonchev–Trinajstić information content (AvgIpc) is 3.13. The fourth-order valence-electron chi connectivity index (χ4n) is 3.23. The quantitative estimate of drug-likeness (QED) is 0.368. The van der Waals surface area contributed by atoms with Crippen LogP contribution in [0.3, 0.4) is 0 Å².